The Morgan fingerprint density at radius 1 is 0.920 bits per heavy atom. The number of hydrogen-bond donors (Lipinski definition) is 1. The van der Waals surface area contributed by atoms with Crippen molar-refractivity contribution in [2.75, 3.05) is 20.0 Å². The molecule has 2 aromatic carbocycles. The molecule has 0 radical (unpaired) electrons. The fourth-order valence-electron chi connectivity index (χ4n) is 2.63. The van der Waals surface area contributed by atoms with Gasteiger partial charge in [0, 0.05) is 11.1 Å². The zero-order chi connectivity index (χ0) is 17.8. The molecule has 0 atom stereocenters. The van der Waals surface area contributed by atoms with E-state index in [1.165, 1.54) is 0 Å². The summed E-state index contributed by atoms with van der Waals surface area (Å²) in [5.74, 6) is 1.63. The van der Waals surface area contributed by atoms with Crippen LogP contribution in [0, 0.1) is 11.3 Å². The van der Waals surface area contributed by atoms with E-state index in [4.69, 9.17) is 15.2 Å². The number of benzene rings is 2. The van der Waals surface area contributed by atoms with Crippen LogP contribution in [0.4, 0.5) is 5.82 Å². The average Bonchev–Trinajstić information content (AvgIpc) is 2.67. The maximum absolute atomic E-state index is 9.51. The van der Waals surface area contributed by atoms with Crippen LogP contribution in [0.25, 0.3) is 22.4 Å². The van der Waals surface area contributed by atoms with Gasteiger partial charge in [0.2, 0.25) is 0 Å². The second-order valence-corrected chi connectivity index (χ2v) is 5.39. The van der Waals surface area contributed by atoms with Crippen LogP contribution in [-0.2, 0) is 0 Å². The summed E-state index contributed by atoms with van der Waals surface area (Å²) in [6.45, 7) is 0. The van der Waals surface area contributed by atoms with Crippen molar-refractivity contribution in [3.05, 3.63) is 60.2 Å². The zero-order valence-electron chi connectivity index (χ0n) is 14.0. The molecule has 0 amide bonds. The first-order valence-corrected chi connectivity index (χ1v) is 7.65. The van der Waals surface area contributed by atoms with Gasteiger partial charge in [0.05, 0.1) is 19.9 Å². The Balaban J connectivity index is 2.20. The highest BCUT2D eigenvalue weighted by atomic mass is 16.5. The summed E-state index contributed by atoms with van der Waals surface area (Å²) in [5, 5.41) is 9.51. The molecule has 3 rings (SSSR count). The number of rotatable bonds is 4. The Morgan fingerprint density at radius 2 is 1.52 bits per heavy atom. The van der Waals surface area contributed by atoms with Crippen molar-refractivity contribution in [1.82, 2.24) is 4.98 Å². The smallest absolute Gasteiger partial charge is 0.142 e. The topological polar surface area (TPSA) is 81.2 Å². The number of nitrogen functional groups attached to an aromatic ring is 1. The third-order valence-corrected chi connectivity index (χ3v) is 3.91. The lowest BCUT2D eigenvalue weighted by Gasteiger charge is -2.11. The van der Waals surface area contributed by atoms with E-state index in [1.54, 1.807) is 14.2 Å². The van der Waals surface area contributed by atoms with Crippen LogP contribution in [0.15, 0.2) is 54.6 Å². The molecule has 0 fully saturated rings. The van der Waals surface area contributed by atoms with Crippen molar-refractivity contribution in [3.8, 4) is 40.0 Å². The van der Waals surface area contributed by atoms with Gasteiger partial charge in [-0.25, -0.2) is 4.98 Å². The van der Waals surface area contributed by atoms with E-state index in [0.717, 1.165) is 16.9 Å². The first kappa shape index (κ1) is 16.3. The van der Waals surface area contributed by atoms with Crippen molar-refractivity contribution in [2.45, 2.75) is 0 Å². The molecule has 2 N–H and O–H groups in total. The molecule has 0 saturated carbocycles. The summed E-state index contributed by atoms with van der Waals surface area (Å²) >= 11 is 0. The number of aromatic nitrogens is 1. The summed E-state index contributed by atoms with van der Waals surface area (Å²) in [4.78, 5) is 4.39. The molecule has 0 aliphatic heterocycles. The zero-order valence-corrected chi connectivity index (χ0v) is 14.0. The highest BCUT2D eigenvalue weighted by molar-refractivity contribution is 5.80. The summed E-state index contributed by atoms with van der Waals surface area (Å²) in [6.07, 6.45) is 0. The fraction of sp³-hybridized carbons (Fsp3) is 0.100. The molecular weight excluding hydrogens is 314 g/mol. The minimum absolute atomic E-state index is 0.195. The molecule has 25 heavy (non-hydrogen) atoms. The summed E-state index contributed by atoms with van der Waals surface area (Å²) in [6, 6.07) is 19.1. The van der Waals surface area contributed by atoms with E-state index < -0.39 is 0 Å². The molecular formula is C20H17N3O2. The molecule has 0 saturated heterocycles. The Morgan fingerprint density at radius 3 is 2.12 bits per heavy atom. The molecule has 5 nitrogen and oxygen atoms in total. The van der Waals surface area contributed by atoms with Crippen molar-refractivity contribution in [2.24, 2.45) is 0 Å². The number of ether oxygens (including phenoxy) is 2. The minimum Gasteiger partial charge on any atom is -0.497 e. The molecule has 0 aliphatic rings. The molecule has 0 aliphatic carbocycles. The average molecular weight is 331 g/mol. The van der Waals surface area contributed by atoms with Crippen LogP contribution in [0.3, 0.4) is 0 Å². The van der Waals surface area contributed by atoms with Crippen molar-refractivity contribution in [1.29, 1.82) is 5.26 Å². The molecule has 1 aromatic heterocycles. The fourth-order valence-corrected chi connectivity index (χ4v) is 2.63. The maximum atomic E-state index is 9.51. The van der Waals surface area contributed by atoms with E-state index >= 15 is 0 Å². The third-order valence-electron chi connectivity index (χ3n) is 3.91. The Bertz CT molecular complexity index is 961. The summed E-state index contributed by atoms with van der Waals surface area (Å²) in [5.41, 5.74) is 9.49. The molecule has 1 heterocycles. The maximum Gasteiger partial charge on any atom is 0.142 e. The predicted octanol–water partition coefficient (Wildman–Crippen LogP) is 3.89. The highest BCUT2D eigenvalue weighted by Gasteiger charge is 2.14. The van der Waals surface area contributed by atoms with E-state index in [1.807, 2.05) is 54.6 Å². The number of hydrogen-bond acceptors (Lipinski definition) is 5. The quantitative estimate of drug-likeness (QED) is 0.784. The van der Waals surface area contributed by atoms with Crippen LogP contribution in [0.5, 0.6) is 11.5 Å². The second-order valence-electron chi connectivity index (χ2n) is 5.39. The van der Waals surface area contributed by atoms with Gasteiger partial charge in [-0.15, -0.1) is 0 Å². The van der Waals surface area contributed by atoms with Gasteiger partial charge in [-0.1, -0.05) is 24.3 Å². The summed E-state index contributed by atoms with van der Waals surface area (Å²) in [7, 11) is 3.22. The van der Waals surface area contributed by atoms with Gasteiger partial charge in [0.25, 0.3) is 0 Å². The van der Waals surface area contributed by atoms with Crippen LogP contribution in [0.1, 0.15) is 5.56 Å². The predicted molar refractivity (Wildman–Crippen MR) is 97.3 cm³/mol. The molecule has 3 aromatic rings. The number of pyridine rings is 1. The molecule has 124 valence electrons. The van der Waals surface area contributed by atoms with Crippen LogP contribution in [-0.4, -0.2) is 19.2 Å². The lowest BCUT2D eigenvalue weighted by atomic mass is 9.98. The number of nitrogens with two attached hydrogens (primary N) is 1. The molecule has 0 bridgehead atoms. The number of methoxy groups -OCH3 is 2. The highest BCUT2D eigenvalue weighted by Crippen LogP contribution is 2.33. The van der Waals surface area contributed by atoms with Gasteiger partial charge >= 0.3 is 0 Å². The monoisotopic (exact) mass is 331 g/mol. The Labute approximate surface area is 146 Å². The van der Waals surface area contributed by atoms with Gasteiger partial charge in [0.1, 0.15) is 28.9 Å². The lowest BCUT2D eigenvalue weighted by molar-refractivity contribution is 0.415. The second kappa shape index (κ2) is 6.93. The van der Waals surface area contributed by atoms with Crippen LogP contribution < -0.4 is 15.2 Å². The number of nitrogens with zero attached hydrogens (tertiary/aromatic N) is 2. The Hall–Kier alpha value is -3.52. The van der Waals surface area contributed by atoms with E-state index in [0.29, 0.717) is 22.6 Å². The third kappa shape index (κ3) is 3.24. The van der Waals surface area contributed by atoms with Gasteiger partial charge in [-0.2, -0.15) is 5.26 Å². The van der Waals surface area contributed by atoms with Gasteiger partial charge in [-0.3, -0.25) is 0 Å². The van der Waals surface area contributed by atoms with Crippen molar-refractivity contribution >= 4 is 5.82 Å². The number of nitriles is 1. The molecule has 0 unspecified atom stereocenters. The van der Waals surface area contributed by atoms with Gasteiger partial charge in [-0.05, 0) is 35.9 Å². The standard InChI is InChI=1S/C20H17N3O2/c1-24-15-7-3-5-13(9-15)17-11-19(23-20(22)18(17)12-21)14-6-4-8-16(10-14)25-2/h3-11H,1-2H3,(H2,22,23). The van der Waals surface area contributed by atoms with E-state index in [-0.39, 0.29) is 5.82 Å². The molecule has 5 heteroatoms. The largest absolute Gasteiger partial charge is 0.497 e. The van der Waals surface area contributed by atoms with E-state index in [2.05, 4.69) is 11.1 Å². The Kier molecular flexibility index (Phi) is 4.53. The first-order valence-electron chi connectivity index (χ1n) is 7.65. The SMILES string of the molecule is COc1cccc(-c2cc(-c3cccc(OC)c3)c(C#N)c(N)n2)c1. The molecule has 0 spiro atoms. The lowest BCUT2D eigenvalue weighted by Crippen LogP contribution is -2.00. The van der Waals surface area contributed by atoms with Gasteiger partial charge in [0.15, 0.2) is 0 Å². The van der Waals surface area contributed by atoms with Crippen LogP contribution >= 0.6 is 0 Å². The van der Waals surface area contributed by atoms with E-state index in [9.17, 15) is 5.26 Å². The van der Waals surface area contributed by atoms with Gasteiger partial charge < -0.3 is 15.2 Å². The normalized spacial score (nSPS) is 10.1. The van der Waals surface area contributed by atoms with Crippen molar-refractivity contribution < 1.29 is 9.47 Å². The van der Waals surface area contributed by atoms with Crippen molar-refractivity contribution in [3.63, 3.8) is 0 Å². The number of anilines is 1. The first-order chi connectivity index (χ1) is 12.2. The van der Waals surface area contributed by atoms with Crippen LogP contribution in [0.2, 0.25) is 0 Å². The summed E-state index contributed by atoms with van der Waals surface area (Å²) < 4.78 is 10.5. The minimum atomic E-state index is 0.195.